The van der Waals surface area contributed by atoms with E-state index in [4.69, 9.17) is 0 Å². The molecule has 4 nitrogen and oxygen atoms in total. The highest BCUT2D eigenvalue weighted by atomic mass is 16.4. The van der Waals surface area contributed by atoms with E-state index in [1.807, 2.05) is 13.0 Å². The zero-order chi connectivity index (χ0) is 20.5. The Kier molecular flexibility index (Phi) is 15.6. The lowest BCUT2D eigenvalue weighted by atomic mass is 10.0. The van der Waals surface area contributed by atoms with Gasteiger partial charge < -0.3 is 19.5 Å². The second kappa shape index (κ2) is 16.1. The Labute approximate surface area is 168 Å². The molecule has 0 saturated heterocycles. The maximum atomic E-state index is 11.6. The van der Waals surface area contributed by atoms with E-state index < -0.39 is 11.9 Å². The van der Waals surface area contributed by atoms with E-state index in [2.05, 4.69) is 20.4 Å². The van der Waals surface area contributed by atoms with Gasteiger partial charge in [0.05, 0.1) is 25.6 Å². The second-order valence-corrected chi connectivity index (χ2v) is 8.22. The van der Waals surface area contributed by atoms with Crippen LogP contribution in [0.4, 0.5) is 0 Å². The summed E-state index contributed by atoms with van der Waals surface area (Å²) in [6, 6.07) is 0. The molecule has 0 radical (unpaired) electrons. The standard InChI is InChI=1S/C23H45NO3/c1-5-9-12-13-16-22(25)20-24(17-14-10-6-2,18-15-11-7-3)19-21(8-4)23(26)27/h5,21-22,25H,1,6-20H2,2-4H3. The van der Waals surface area contributed by atoms with Crippen LogP contribution in [0.25, 0.3) is 0 Å². The maximum Gasteiger partial charge on any atom is 0.105 e. The molecule has 4 heteroatoms. The fourth-order valence-corrected chi connectivity index (χ4v) is 3.99. The Morgan fingerprint density at radius 2 is 1.59 bits per heavy atom. The zero-order valence-corrected chi connectivity index (χ0v) is 18.3. The van der Waals surface area contributed by atoms with E-state index in [1.165, 1.54) is 0 Å². The number of carbonyl (C=O) groups excluding carboxylic acids is 1. The topological polar surface area (TPSA) is 60.4 Å². The molecule has 0 aliphatic carbocycles. The molecule has 0 bridgehead atoms. The van der Waals surface area contributed by atoms with Crippen molar-refractivity contribution in [2.45, 2.75) is 97.5 Å². The number of aliphatic hydroxyl groups excluding tert-OH is 1. The molecule has 1 N–H and O–H groups in total. The Bertz CT molecular complexity index is 374. The van der Waals surface area contributed by atoms with E-state index in [1.54, 1.807) is 0 Å². The number of nitrogens with zero attached hydrogens (tertiary/aromatic N) is 1. The Morgan fingerprint density at radius 1 is 1.00 bits per heavy atom. The molecule has 0 aromatic heterocycles. The number of aliphatic hydroxyl groups is 1. The van der Waals surface area contributed by atoms with Crippen molar-refractivity contribution in [1.29, 1.82) is 0 Å². The second-order valence-electron chi connectivity index (χ2n) is 8.22. The minimum Gasteiger partial charge on any atom is -0.550 e. The highest BCUT2D eigenvalue weighted by Crippen LogP contribution is 2.21. The fraction of sp³-hybridized carbons (Fsp3) is 0.870. The summed E-state index contributed by atoms with van der Waals surface area (Å²) in [5.74, 6) is -1.37. The van der Waals surface area contributed by atoms with Gasteiger partial charge >= 0.3 is 0 Å². The quantitative estimate of drug-likeness (QED) is 0.208. The number of carbonyl (C=O) groups is 1. The number of carboxylic acids is 1. The van der Waals surface area contributed by atoms with Crippen molar-refractivity contribution in [2.75, 3.05) is 26.2 Å². The van der Waals surface area contributed by atoms with Gasteiger partial charge in [-0.3, -0.25) is 0 Å². The Balaban J connectivity index is 5.18. The van der Waals surface area contributed by atoms with Crippen LogP contribution in [0.5, 0.6) is 0 Å². The van der Waals surface area contributed by atoms with Crippen molar-refractivity contribution in [3.8, 4) is 0 Å². The number of hydrogen-bond donors (Lipinski definition) is 1. The summed E-state index contributed by atoms with van der Waals surface area (Å²) in [4.78, 5) is 11.6. The van der Waals surface area contributed by atoms with Crippen LogP contribution in [0.15, 0.2) is 12.7 Å². The van der Waals surface area contributed by atoms with Crippen LogP contribution in [-0.4, -0.2) is 47.8 Å². The number of unbranched alkanes of at least 4 members (excludes halogenated alkanes) is 6. The van der Waals surface area contributed by atoms with Crippen LogP contribution in [0.2, 0.25) is 0 Å². The monoisotopic (exact) mass is 383 g/mol. The normalized spacial score (nSPS) is 14.1. The number of hydrogen-bond acceptors (Lipinski definition) is 3. The average Bonchev–Trinajstić information content (AvgIpc) is 2.63. The first-order valence-corrected chi connectivity index (χ1v) is 11.3. The molecule has 0 fully saturated rings. The van der Waals surface area contributed by atoms with Crippen LogP contribution >= 0.6 is 0 Å². The van der Waals surface area contributed by atoms with Gasteiger partial charge in [0, 0.05) is 5.92 Å². The van der Waals surface area contributed by atoms with Gasteiger partial charge in [-0.2, -0.15) is 0 Å². The number of carboxylic acid groups (broad SMARTS) is 1. The SMILES string of the molecule is C=CCCCCC(O)C[N+](CCCCC)(CCCCC)CC(CC)C(=O)[O-]. The predicted octanol–water partition coefficient (Wildman–Crippen LogP) is 4.07. The van der Waals surface area contributed by atoms with Crippen LogP contribution in [0, 0.1) is 5.92 Å². The summed E-state index contributed by atoms with van der Waals surface area (Å²) in [5, 5.41) is 22.3. The first-order valence-electron chi connectivity index (χ1n) is 11.3. The largest absolute Gasteiger partial charge is 0.550 e. The van der Waals surface area contributed by atoms with E-state index in [0.29, 0.717) is 19.5 Å². The van der Waals surface area contributed by atoms with Crippen LogP contribution < -0.4 is 5.11 Å². The molecule has 0 amide bonds. The third kappa shape index (κ3) is 12.2. The van der Waals surface area contributed by atoms with E-state index >= 15 is 0 Å². The molecule has 0 heterocycles. The van der Waals surface area contributed by atoms with Crippen molar-refractivity contribution >= 4 is 5.97 Å². The van der Waals surface area contributed by atoms with Crippen molar-refractivity contribution in [3.05, 3.63) is 12.7 Å². The van der Waals surface area contributed by atoms with E-state index in [0.717, 1.165) is 81.8 Å². The van der Waals surface area contributed by atoms with Crippen molar-refractivity contribution in [1.82, 2.24) is 0 Å². The van der Waals surface area contributed by atoms with Gasteiger partial charge in [0.1, 0.15) is 12.6 Å². The fourth-order valence-electron chi connectivity index (χ4n) is 3.99. The summed E-state index contributed by atoms with van der Waals surface area (Å²) in [6.45, 7) is 13.3. The molecule has 2 unspecified atom stereocenters. The lowest BCUT2D eigenvalue weighted by molar-refractivity contribution is -0.933. The number of rotatable bonds is 19. The summed E-state index contributed by atoms with van der Waals surface area (Å²) in [7, 11) is 0. The number of quaternary nitrogens is 1. The maximum absolute atomic E-state index is 11.6. The molecule has 2 atom stereocenters. The summed E-state index contributed by atoms with van der Waals surface area (Å²) < 4.78 is 0.731. The smallest absolute Gasteiger partial charge is 0.105 e. The highest BCUT2D eigenvalue weighted by Gasteiger charge is 2.32. The molecule has 0 aliphatic rings. The molecule has 27 heavy (non-hydrogen) atoms. The van der Waals surface area contributed by atoms with Gasteiger partial charge in [-0.1, -0.05) is 46.1 Å². The van der Waals surface area contributed by atoms with Crippen molar-refractivity contribution in [2.24, 2.45) is 5.92 Å². The van der Waals surface area contributed by atoms with Gasteiger partial charge in [-0.25, -0.2) is 0 Å². The minimum absolute atomic E-state index is 0.364. The third-order valence-corrected chi connectivity index (χ3v) is 5.70. The van der Waals surface area contributed by atoms with E-state index in [-0.39, 0.29) is 6.10 Å². The number of allylic oxidation sites excluding steroid dienone is 1. The third-order valence-electron chi connectivity index (χ3n) is 5.70. The van der Waals surface area contributed by atoms with Gasteiger partial charge in [0.25, 0.3) is 0 Å². The molecular weight excluding hydrogens is 338 g/mol. The Morgan fingerprint density at radius 3 is 2.04 bits per heavy atom. The molecule has 0 rings (SSSR count). The Hall–Kier alpha value is -0.870. The average molecular weight is 384 g/mol. The summed E-state index contributed by atoms with van der Waals surface area (Å²) in [6.07, 6.45) is 12.8. The molecule has 0 spiro atoms. The van der Waals surface area contributed by atoms with Gasteiger partial charge in [0.2, 0.25) is 0 Å². The van der Waals surface area contributed by atoms with Crippen molar-refractivity contribution in [3.63, 3.8) is 0 Å². The first-order chi connectivity index (χ1) is 12.9. The molecule has 0 aromatic rings. The molecule has 0 aliphatic heterocycles. The van der Waals surface area contributed by atoms with Gasteiger partial charge in [0.15, 0.2) is 0 Å². The molecule has 160 valence electrons. The number of aliphatic carboxylic acids is 1. The first kappa shape index (κ1) is 26.1. The van der Waals surface area contributed by atoms with Crippen molar-refractivity contribution < 1.29 is 19.5 Å². The van der Waals surface area contributed by atoms with Crippen LogP contribution in [0.1, 0.15) is 91.4 Å². The van der Waals surface area contributed by atoms with Gasteiger partial charge in [-0.15, -0.1) is 6.58 Å². The highest BCUT2D eigenvalue weighted by molar-refractivity contribution is 5.67. The minimum atomic E-state index is -0.938. The predicted molar refractivity (Wildman–Crippen MR) is 112 cm³/mol. The van der Waals surface area contributed by atoms with Crippen LogP contribution in [0.3, 0.4) is 0 Å². The lowest BCUT2D eigenvalue weighted by Gasteiger charge is -2.43. The molecule has 0 aromatic carbocycles. The van der Waals surface area contributed by atoms with Gasteiger partial charge in [-0.05, 0) is 51.4 Å². The van der Waals surface area contributed by atoms with Crippen LogP contribution in [-0.2, 0) is 4.79 Å². The molecular formula is C23H45NO3. The molecule has 0 saturated carbocycles. The van der Waals surface area contributed by atoms with E-state index in [9.17, 15) is 15.0 Å². The lowest BCUT2D eigenvalue weighted by Crippen LogP contribution is -2.57. The summed E-state index contributed by atoms with van der Waals surface area (Å²) >= 11 is 0. The zero-order valence-electron chi connectivity index (χ0n) is 18.3. The summed E-state index contributed by atoms with van der Waals surface area (Å²) in [5.41, 5.74) is 0.